The highest BCUT2D eigenvalue weighted by Gasteiger charge is 2.26. The Morgan fingerprint density at radius 1 is 1.07 bits per heavy atom. The molecule has 0 atom stereocenters. The lowest BCUT2D eigenvalue weighted by molar-refractivity contribution is 0.195. The second-order valence-corrected chi connectivity index (χ2v) is 7.61. The normalized spacial score (nSPS) is 14.4. The molecule has 2 amide bonds. The molecule has 0 bridgehead atoms. The molecule has 158 valence electrons. The fourth-order valence-corrected chi connectivity index (χ4v) is 3.95. The second kappa shape index (κ2) is 8.30. The highest BCUT2D eigenvalue weighted by molar-refractivity contribution is 5.91. The number of nitrogens with zero attached hydrogens (tertiary/aromatic N) is 6. The SMILES string of the molecule is CCNC(=O)N1CCN(c2nc(CC)nc3c2c(C)nn3-c2ccccc2C)CC1. The first-order chi connectivity index (χ1) is 14.5. The summed E-state index contributed by atoms with van der Waals surface area (Å²) in [5, 5.41) is 8.70. The van der Waals surface area contributed by atoms with Gasteiger partial charge in [-0.2, -0.15) is 5.10 Å². The first kappa shape index (κ1) is 20.1. The molecular formula is C22H29N7O. The highest BCUT2D eigenvalue weighted by atomic mass is 16.2. The number of hydrogen-bond acceptors (Lipinski definition) is 5. The minimum absolute atomic E-state index is 0.00258. The molecule has 1 aliphatic rings. The molecule has 1 N–H and O–H groups in total. The summed E-state index contributed by atoms with van der Waals surface area (Å²) in [5.74, 6) is 1.73. The molecule has 1 aromatic carbocycles. The second-order valence-electron chi connectivity index (χ2n) is 7.61. The van der Waals surface area contributed by atoms with Crippen LogP contribution in [0.2, 0.25) is 0 Å². The van der Waals surface area contributed by atoms with Gasteiger partial charge in [-0.1, -0.05) is 25.1 Å². The third-order valence-electron chi connectivity index (χ3n) is 5.58. The number of carbonyl (C=O) groups is 1. The number of amides is 2. The smallest absolute Gasteiger partial charge is 0.317 e. The van der Waals surface area contributed by atoms with Crippen molar-refractivity contribution in [2.45, 2.75) is 34.1 Å². The van der Waals surface area contributed by atoms with Gasteiger partial charge in [0.05, 0.1) is 16.8 Å². The number of hydrogen-bond donors (Lipinski definition) is 1. The van der Waals surface area contributed by atoms with Crippen LogP contribution in [-0.4, -0.2) is 63.4 Å². The molecule has 0 unspecified atom stereocenters. The molecule has 1 fully saturated rings. The van der Waals surface area contributed by atoms with Crippen LogP contribution >= 0.6 is 0 Å². The minimum Gasteiger partial charge on any atom is -0.352 e. The fraction of sp³-hybridized carbons (Fsp3) is 0.455. The van der Waals surface area contributed by atoms with Crippen molar-refractivity contribution in [1.82, 2.24) is 30.0 Å². The Morgan fingerprint density at radius 3 is 2.47 bits per heavy atom. The third-order valence-corrected chi connectivity index (χ3v) is 5.58. The molecule has 0 aliphatic carbocycles. The van der Waals surface area contributed by atoms with Gasteiger partial charge in [-0.25, -0.2) is 19.4 Å². The van der Waals surface area contributed by atoms with Gasteiger partial charge >= 0.3 is 6.03 Å². The quantitative estimate of drug-likeness (QED) is 0.719. The van der Waals surface area contributed by atoms with Gasteiger partial charge in [-0.3, -0.25) is 0 Å². The summed E-state index contributed by atoms with van der Waals surface area (Å²) in [6.07, 6.45) is 0.750. The van der Waals surface area contributed by atoms with E-state index >= 15 is 0 Å². The van der Waals surface area contributed by atoms with Gasteiger partial charge in [0.1, 0.15) is 11.6 Å². The van der Waals surface area contributed by atoms with Crippen LogP contribution in [0.15, 0.2) is 24.3 Å². The van der Waals surface area contributed by atoms with Gasteiger partial charge < -0.3 is 15.1 Å². The molecule has 0 radical (unpaired) electrons. The van der Waals surface area contributed by atoms with E-state index in [0.717, 1.165) is 59.1 Å². The van der Waals surface area contributed by atoms with Crippen LogP contribution in [0.5, 0.6) is 0 Å². The van der Waals surface area contributed by atoms with Gasteiger partial charge in [0.25, 0.3) is 0 Å². The number of fused-ring (bicyclic) bond motifs is 1. The van der Waals surface area contributed by atoms with E-state index < -0.39 is 0 Å². The molecule has 8 heteroatoms. The zero-order valence-corrected chi connectivity index (χ0v) is 18.1. The maximum atomic E-state index is 12.2. The van der Waals surface area contributed by atoms with E-state index in [4.69, 9.17) is 15.1 Å². The maximum Gasteiger partial charge on any atom is 0.317 e. The van der Waals surface area contributed by atoms with Crippen molar-refractivity contribution in [2.75, 3.05) is 37.6 Å². The Hall–Kier alpha value is -3.16. The summed E-state index contributed by atoms with van der Waals surface area (Å²) >= 11 is 0. The van der Waals surface area contributed by atoms with Crippen molar-refractivity contribution < 1.29 is 4.79 Å². The summed E-state index contributed by atoms with van der Waals surface area (Å²) in [6, 6.07) is 8.21. The van der Waals surface area contributed by atoms with E-state index in [9.17, 15) is 4.79 Å². The van der Waals surface area contributed by atoms with Crippen molar-refractivity contribution in [3.05, 3.63) is 41.3 Å². The van der Waals surface area contributed by atoms with Crippen molar-refractivity contribution >= 4 is 22.9 Å². The Kier molecular flexibility index (Phi) is 5.57. The lowest BCUT2D eigenvalue weighted by atomic mass is 10.2. The molecule has 2 aromatic heterocycles. The third kappa shape index (κ3) is 3.58. The summed E-state index contributed by atoms with van der Waals surface area (Å²) in [7, 11) is 0. The zero-order chi connectivity index (χ0) is 21.3. The Balaban J connectivity index is 1.75. The predicted molar refractivity (Wildman–Crippen MR) is 118 cm³/mol. The molecule has 0 spiro atoms. The van der Waals surface area contributed by atoms with E-state index in [1.54, 1.807) is 0 Å². The molecule has 1 aliphatic heterocycles. The van der Waals surface area contributed by atoms with Crippen LogP contribution in [0.4, 0.5) is 10.6 Å². The van der Waals surface area contributed by atoms with Crippen LogP contribution < -0.4 is 10.2 Å². The number of nitrogens with one attached hydrogen (secondary N) is 1. The lowest BCUT2D eigenvalue weighted by Gasteiger charge is -2.35. The Labute approximate surface area is 176 Å². The number of carbonyl (C=O) groups excluding carboxylic acids is 1. The van der Waals surface area contributed by atoms with E-state index in [0.29, 0.717) is 19.6 Å². The monoisotopic (exact) mass is 407 g/mol. The molecule has 4 rings (SSSR count). The van der Waals surface area contributed by atoms with Crippen LogP contribution in [-0.2, 0) is 6.42 Å². The average molecular weight is 408 g/mol. The van der Waals surface area contributed by atoms with Crippen molar-refractivity contribution in [2.24, 2.45) is 0 Å². The number of benzene rings is 1. The first-order valence-electron chi connectivity index (χ1n) is 10.6. The van der Waals surface area contributed by atoms with Gasteiger partial charge in [0.2, 0.25) is 0 Å². The number of urea groups is 1. The number of aryl methyl sites for hydroxylation is 3. The van der Waals surface area contributed by atoms with Crippen LogP contribution in [0.1, 0.15) is 30.9 Å². The van der Waals surface area contributed by atoms with Crippen LogP contribution in [0, 0.1) is 13.8 Å². The maximum absolute atomic E-state index is 12.2. The fourth-order valence-electron chi connectivity index (χ4n) is 3.95. The van der Waals surface area contributed by atoms with Gasteiger partial charge in [-0.05, 0) is 32.4 Å². The predicted octanol–water partition coefficient (Wildman–Crippen LogP) is 2.85. The van der Waals surface area contributed by atoms with Crippen LogP contribution in [0.3, 0.4) is 0 Å². The Bertz CT molecular complexity index is 1070. The molecule has 1 saturated heterocycles. The van der Waals surface area contributed by atoms with Crippen LogP contribution in [0.25, 0.3) is 16.7 Å². The van der Waals surface area contributed by atoms with Crippen molar-refractivity contribution in [3.63, 3.8) is 0 Å². The largest absolute Gasteiger partial charge is 0.352 e. The summed E-state index contributed by atoms with van der Waals surface area (Å²) in [4.78, 5) is 26.0. The van der Waals surface area contributed by atoms with Crippen molar-refractivity contribution in [3.8, 4) is 5.69 Å². The Morgan fingerprint density at radius 2 is 1.80 bits per heavy atom. The molecule has 3 aromatic rings. The van der Waals surface area contributed by atoms with E-state index in [-0.39, 0.29) is 6.03 Å². The number of para-hydroxylation sites is 1. The van der Waals surface area contributed by atoms with Gasteiger partial charge in [0, 0.05) is 39.1 Å². The van der Waals surface area contributed by atoms with Crippen molar-refractivity contribution in [1.29, 1.82) is 0 Å². The zero-order valence-electron chi connectivity index (χ0n) is 18.1. The summed E-state index contributed by atoms with van der Waals surface area (Å²) in [5.41, 5.74) is 3.94. The molecule has 8 nitrogen and oxygen atoms in total. The van der Waals surface area contributed by atoms with E-state index in [1.807, 2.05) is 35.6 Å². The van der Waals surface area contributed by atoms with Gasteiger partial charge in [0.15, 0.2) is 5.65 Å². The standard InChI is InChI=1S/C22H29N7O/c1-5-18-24-20(27-11-13-28(14-12-27)22(30)23-6-2)19-16(4)26-29(21(19)25-18)17-10-8-7-9-15(17)3/h7-10H,5-6,11-14H2,1-4H3,(H,23,30). The first-order valence-corrected chi connectivity index (χ1v) is 10.6. The number of aromatic nitrogens is 4. The molecular weight excluding hydrogens is 378 g/mol. The molecule has 0 saturated carbocycles. The topological polar surface area (TPSA) is 79.2 Å². The number of rotatable bonds is 4. The van der Waals surface area contributed by atoms with E-state index in [2.05, 4.69) is 36.2 Å². The molecule has 3 heterocycles. The van der Waals surface area contributed by atoms with Gasteiger partial charge in [-0.15, -0.1) is 0 Å². The lowest BCUT2D eigenvalue weighted by Crippen LogP contribution is -2.52. The summed E-state index contributed by atoms with van der Waals surface area (Å²) < 4.78 is 1.94. The van der Waals surface area contributed by atoms with E-state index in [1.165, 1.54) is 0 Å². The summed E-state index contributed by atoms with van der Waals surface area (Å²) in [6.45, 7) is 11.6. The number of anilines is 1. The number of piperazine rings is 1. The highest BCUT2D eigenvalue weighted by Crippen LogP contribution is 2.30. The average Bonchev–Trinajstić information content (AvgIpc) is 3.10. The minimum atomic E-state index is 0.00258. The molecule has 30 heavy (non-hydrogen) atoms.